The van der Waals surface area contributed by atoms with E-state index in [1.54, 1.807) is 6.20 Å². The molecule has 4 aromatic rings. The van der Waals surface area contributed by atoms with Gasteiger partial charge in [0.25, 0.3) is 0 Å². The molecule has 0 bridgehead atoms. The van der Waals surface area contributed by atoms with Crippen LogP contribution in [0.4, 0.5) is 0 Å². The quantitative estimate of drug-likeness (QED) is 0.108. The summed E-state index contributed by atoms with van der Waals surface area (Å²) in [6.07, 6.45) is 4.20. The molecule has 5 rings (SSSR count). The molecule has 0 unspecified atom stereocenters. The van der Waals surface area contributed by atoms with Crippen LogP contribution in [0.15, 0.2) is 66.6 Å². The molecule has 4 nitrogen and oxygen atoms in total. The first-order chi connectivity index (χ1) is 18.9. The molecule has 1 aliphatic carbocycles. The molecule has 0 amide bonds. The molecule has 3 aromatic carbocycles. The van der Waals surface area contributed by atoms with E-state index in [4.69, 9.17) is 4.98 Å². The Morgan fingerprint density at radius 2 is 1.59 bits per heavy atom. The van der Waals surface area contributed by atoms with E-state index < -0.39 is 0 Å². The van der Waals surface area contributed by atoms with E-state index in [9.17, 15) is 14.7 Å². The van der Waals surface area contributed by atoms with Gasteiger partial charge in [-0.2, -0.15) is 0 Å². The first-order valence-electron chi connectivity index (χ1n) is 13.9. The molecule has 0 saturated carbocycles. The van der Waals surface area contributed by atoms with Gasteiger partial charge in [0.15, 0.2) is 11.6 Å². The Kier molecular flexibility index (Phi) is 10.6. The molecule has 0 fully saturated rings. The summed E-state index contributed by atoms with van der Waals surface area (Å²) in [4.78, 5) is 29.0. The third kappa shape index (κ3) is 7.47. The molecule has 1 aliphatic rings. The van der Waals surface area contributed by atoms with Crippen LogP contribution < -0.4 is 0 Å². The van der Waals surface area contributed by atoms with Gasteiger partial charge in [0.1, 0.15) is 0 Å². The van der Waals surface area contributed by atoms with Crippen LogP contribution in [0.2, 0.25) is 0 Å². The first kappa shape index (κ1) is 32.1. The fraction of sp³-hybridized carbons (Fsp3) is 0.306. The normalized spacial score (nSPS) is 12.1. The van der Waals surface area contributed by atoms with E-state index in [0.717, 1.165) is 49.8 Å². The molecule has 0 saturated heterocycles. The van der Waals surface area contributed by atoms with E-state index in [0.29, 0.717) is 30.2 Å². The van der Waals surface area contributed by atoms with Crippen LogP contribution in [-0.2, 0) is 24.9 Å². The summed E-state index contributed by atoms with van der Waals surface area (Å²) in [5.41, 5.74) is 8.83. The summed E-state index contributed by atoms with van der Waals surface area (Å²) in [5, 5.41) is 11.3. The van der Waals surface area contributed by atoms with Crippen molar-refractivity contribution < 1.29 is 34.8 Å². The van der Waals surface area contributed by atoms with Gasteiger partial charge < -0.3 is 10.1 Å². The number of aliphatic hydroxyl groups is 1. The first-order valence-corrected chi connectivity index (χ1v) is 13.9. The zero-order valence-electron chi connectivity index (χ0n) is 24.9. The number of carbonyl (C=O) groups is 2. The van der Waals surface area contributed by atoms with Gasteiger partial charge in [0, 0.05) is 56.3 Å². The minimum atomic E-state index is 0. The number of carbonyl (C=O) groups excluding carboxylic acids is 2. The number of aromatic nitrogens is 1. The number of allylic oxidation sites excluding steroid dienone is 2. The maximum atomic E-state index is 13.1. The Hall–Kier alpha value is -3.40. The standard InChI is InChI=1S/C25H18NO.C11H20O2.Ir/c1-14-7-8-19-21(12-14)18-5-4-6-20-23(18)22(25(19)27)13-26-24(20)17-10-15(2)9-16(3)11-17;1-8(2)5-10(12)7-11(13)6-9(3)4;/h4-10,12-13H,1-3H3;7-9,12H,5-6H2,1-4H3;/q-1;;/b;10-7-;. The van der Waals surface area contributed by atoms with E-state index >= 15 is 0 Å². The molecule has 0 aliphatic heterocycles. The average Bonchev–Trinajstić information content (AvgIpc) is 2.85. The number of rotatable bonds is 6. The molecular formula is C36H38IrNO3-. The van der Waals surface area contributed by atoms with Crippen LogP contribution in [0.25, 0.3) is 33.2 Å². The van der Waals surface area contributed by atoms with Crippen molar-refractivity contribution in [3.8, 4) is 22.4 Å². The van der Waals surface area contributed by atoms with Crippen molar-refractivity contribution in [1.29, 1.82) is 0 Å². The van der Waals surface area contributed by atoms with E-state index in [1.165, 1.54) is 11.6 Å². The molecule has 41 heavy (non-hydrogen) atoms. The number of nitrogens with zero attached hydrogens (tertiary/aromatic N) is 1. The summed E-state index contributed by atoms with van der Waals surface area (Å²) >= 11 is 0. The van der Waals surface area contributed by atoms with Gasteiger partial charge in [-0.3, -0.25) is 9.59 Å². The predicted molar refractivity (Wildman–Crippen MR) is 164 cm³/mol. The third-order valence-electron chi connectivity index (χ3n) is 6.82. The van der Waals surface area contributed by atoms with Gasteiger partial charge in [0.2, 0.25) is 0 Å². The van der Waals surface area contributed by atoms with Crippen molar-refractivity contribution in [2.75, 3.05) is 0 Å². The molecule has 0 atom stereocenters. The fourth-order valence-corrected chi connectivity index (χ4v) is 5.29. The molecule has 215 valence electrons. The van der Waals surface area contributed by atoms with Gasteiger partial charge in [-0.25, -0.2) is 0 Å². The van der Waals surface area contributed by atoms with Crippen molar-refractivity contribution in [2.45, 2.75) is 61.3 Å². The second kappa shape index (κ2) is 13.5. The third-order valence-corrected chi connectivity index (χ3v) is 6.82. The number of hydrogen-bond acceptors (Lipinski definition) is 4. The molecule has 0 spiro atoms. The van der Waals surface area contributed by atoms with Crippen LogP contribution in [0.1, 0.15) is 73.1 Å². The molecule has 1 aromatic heterocycles. The zero-order chi connectivity index (χ0) is 29.1. The monoisotopic (exact) mass is 725 g/mol. The van der Waals surface area contributed by atoms with Gasteiger partial charge in [0.05, 0.1) is 5.76 Å². The number of aryl methyl sites for hydroxylation is 3. The summed E-state index contributed by atoms with van der Waals surface area (Å²) in [6, 6.07) is 19.9. The van der Waals surface area contributed by atoms with Crippen LogP contribution in [0.3, 0.4) is 0 Å². The Morgan fingerprint density at radius 1 is 0.878 bits per heavy atom. The van der Waals surface area contributed by atoms with Crippen molar-refractivity contribution in [3.63, 3.8) is 0 Å². The number of pyridine rings is 1. The van der Waals surface area contributed by atoms with Crippen LogP contribution >= 0.6 is 0 Å². The largest absolute Gasteiger partial charge is 0.512 e. The number of ketones is 2. The molecule has 1 N–H and O–H groups in total. The summed E-state index contributed by atoms with van der Waals surface area (Å²) in [6.45, 7) is 14.2. The van der Waals surface area contributed by atoms with Crippen molar-refractivity contribution in [1.82, 2.24) is 4.98 Å². The topological polar surface area (TPSA) is 67.3 Å². The van der Waals surface area contributed by atoms with Crippen LogP contribution in [0, 0.1) is 38.7 Å². The summed E-state index contributed by atoms with van der Waals surface area (Å²) in [7, 11) is 0. The number of fused-ring (bicyclic) bond motifs is 2. The predicted octanol–water partition coefficient (Wildman–Crippen LogP) is 8.93. The van der Waals surface area contributed by atoms with Gasteiger partial charge in [-0.1, -0.05) is 83.5 Å². The molecule has 5 heteroatoms. The summed E-state index contributed by atoms with van der Waals surface area (Å²) in [5.74, 6) is 1.03. The second-order valence-electron chi connectivity index (χ2n) is 11.7. The Morgan fingerprint density at radius 3 is 2.24 bits per heavy atom. The zero-order valence-corrected chi connectivity index (χ0v) is 27.3. The summed E-state index contributed by atoms with van der Waals surface area (Å²) < 4.78 is 0. The second-order valence-corrected chi connectivity index (χ2v) is 11.7. The van der Waals surface area contributed by atoms with E-state index in [2.05, 4.69) is 56.3 Å². The fourth-order valence-electron chi connectivity index (χ4n) is 5.29. The Balaban J connectivity index is 0.000000284. The van der Waals surface area contributed by atoms with Crippen molar-refractivity contribution >= 4 is 22.3 Å². The smallest absolute Gasteiger partial charge is 0.195 e. The van der Waals surface area contributed by atoms with E-state index in [1.807, 2.05) is 46.8 Å². The number of aliphatic hydroxyl groups excluding tert-OH is 1. The maximum absolute atomic E-state index is 13.1. The van der Waals surface area contributed by atoms with Crippen LogP contribution in [0.5, 0.6) is 0 Å². The minimum Gasteiger partial charge on any atom is -0.512 e. The maximum Gasteiger partial charge on any atom is 0.195 e. The van der Waals surface area contributed by atoms with Gasteiger partial charge in [-0.15, -0.1) is 34.9 Å². The molecule has 1 heterocycles. The van der Waals surface area contributed by atoms with Crippen molar-refractivity contribution in [3.05, 3.63) is 100 Å². The molecule has 1 radical (unpaired) electrons. The van der Waals surface area contributed by atoms with E-state index in [-0.39, 0.29) is 37.4 Å². The Bertz CT molecular complexity index is 1610. The average molecular weight is 725 g/mol. The molecular weight excluding hydrogens is 687 g/mol. The van der Waals surface area contributed by atoms with Crippen molar-refractivity contribution in [2.24, 2.45) is 11.8 Å². The van der Waals surface area contributed by atoms with Gasteiger partial charge >= 0.3 is 0 Å². The Labute approximate surface area is 257 Å². The van der Waals surface area contributed by atoms with Crippen LogP contribution in [-0.4, -0.2) is 21.7 Å². The SMILES string of the molecule is CC(C)CC(=O)/C=C(\O)CC(C)C.Cc1[c-]c(-c2ncc3c4c(cccc24)-c2cc(C)ccc2C3=O)cc(C)c1.[Ir]. The number of benzene rings is 3. The minimum absolute atomic E-state index is 0. The number of hydrogen-bond donors (Lipinski definition) is 1. The van der Waals surface area contributed by atoms with Gasteiger partial charge in [-0.05, 0) is 46.4 Å².